The number of amides is 1. The summed E-state index contributed by atoms with van der Waals surface area (Å²) in [6, 6.07) is 12.9. The maximum atomic E-state index is 12.3. The van der Waals surface area contributed by atoms with Crippen LogP contribution in [-0.4, -0.2) is 26.2 Å². The van der Waals surface area contributed by atoms with Crippen LogP contribution < -0.4 is 20.1 Å². The third-order valence-electron chi connectivity index (χ3n) is 4.51. The average Bonchev–Trinajstić information content (AvgIpc) is 2.64. The molecule has 0 saturated carbocycles. The molecule has 2 aromatic carbocycles. The predicted octanol–water partition coefficient (Wildman–Crippen LogP) is 2.68. The molecular formula is C19H22N2O3. The van der Waals surface area contributed by atoms with E-state index in [4.69, 9.17) is 15.2 Å². The van der Waals surface area contributed by atoms with E-state index in [1.165, 1.54) is 5.56 Å². The van der Waals surface area contributed by atoms with Crippen molar-refractivity contribution in [3.05, 3.63) is 53.6 Å². The lowest BCUT2D eigenvalue weighted by Crippen LogP contribution is -2.63. The van der Waals surface area contributed by atoms with Gasteiger partial charge in [0.05, 0.1) is 20.3 Å². The van der Waals surface area contributed by atoms with Gasteiger partial charge in [0.15, 0.2) is 11.5 Å². The van der Waals surface area contributed by atoms with Gasteiger partial charge in [0.25, 0.3) is 0 Å². The number of benzene rings is 2. The Morgan fingerprint density at radius 1 is 1.04 bits per heavy atom. The highest BCUT2D eigenvalue weighted by atomic mass is 16.5. The van der Waals surface area contributed by atoms with E-state index in [0.717, 1.165) is 17.7 Å². The van der Waals surface area contributed by atoms with Gasteiger partial charge < -0.3 is 20.1 Å². The van der Waals surface area contributed by atoms with E-state index in [9.17, 15) is 4.79 Å². The number of hydrogen-bond acceptors (Lipinski definition) is 4. The van der Waals surface area contributed by atoms with E-state index in [1.54, 1.807) is 19.1 Å². The highest BCUT2D eigenvalue weighted by Gasteiger charge is 2.46. The van der Waals surface area contributed by atoms with Crippen LogP contribution in [0.15, 0.2) is 42.5 Å². The second-order valence-corrected chi connectivity index (χ2v) is 5.81. The van der Waals surface area contributed by atoms with Crippen LogP contribution in [0.4, 0.5) is 5.69 Å². The van der Waals surface area contributed by atoms with E-state index >= 15 is 0 Å². The number of β-lactam (4-membered cyclic amide) rings is 1. The minimum absolute atomic E-state index is 0.0703. The van der Waals surface area contributed by atoms with Crippen LogP contribution in [0.3, 0.4) is 0 Å². The monoisotopic (exact) mass is 326 g/mol. The Balaban J connectivity index is 1.94. The molecule has 0 aromatic heterocycles. The molecule has 1 amide bonds. The molecule has 3 rings (SSSR count). The van der Waals surface area contributed by atoms with Gasteiger partial charge in [0, 0.05) is 5.69 Å². The van der Waals surface area contributed by atoms with Crippen molar-refractivity contribution >= 4 is 11.6 Å². The average molecular weight is 326 g/mol. The van der Waals surface area contributed by atoms with Gasteiger partial charge in [-0.05, 0) is 41.8 Å². The lowest BCUT2D eigenvalue weighted by atomic mass is 9.88. The number of carbonyl (C=O) groups is 1. The SMILES string of the molecule is CCc1ccc(N2C(=O)[C@H](N)[C@@H]2c2ccc(OC)c(OC)c2)cc1. The summed E-state index contributed by atoms with van der Waals surface area (Å²) in [5.41, 5.74) is 9.11. The largest absolute Gasteiger partial charge is 0.493 e. The highest BCUT2D eigenvalue weighted by molar-refractivity contribution is 6.05. The molecule has 1 fully saturated rings. The van der Waals surface area contributed by atoms with E-state index in [-0.39, 0.29) is 11.9 Å². The second-order valence-electron chi connectivity index (χ2n) is 5.81. The standard InChI is InChI=1S/C19H22N2O3/c1-4-12-5-8-14(9-6-12)21-18(17(20)19(21)22)13-7-10-15(23-2)16(11-13)24-3/h5-11,17-18H,4,20H2,1-3H3/t17-,18+/m1/s1. The first-order chi connectivity index (χ1) is 11.6. The molecule has 0 radical (unpaired) electrons. The lowest BCUT2D eigenvalue weighted by molar-refractivity contribution is -0.126. The Bertz CT molecular complexity index is 743. The van der Waals surface area contributed by atoms with Gasteiger partial charge in [-0.1, -0.05) is 25.1 Å². The van der Waals surface area contributed by atoms with Crippen LogP contribution in [0.5, 0.6) is 11.5 Å². The lowest BCUT2D eigenvalue weighted by Gasteiger charge is -2.45. The number of nitrogens with two attached hydrogens (primary N) is 1. The van der Waals surface area contributed by atoms with Crippen molar-refractivity contribution in [3.63, 3.8) is 0 Å². The fourth-order valence-electron chi connectivity index (χ4n) is 3.08. The molecule has 0 bridgehead atoms. The molecule has 5 nitrogen and oxygen atoms in total. The summed E-state index contributed by atoms with van der Waals surface area (Å²) in [4.78, 5) is 14.1. The number of carbonyl (C=O) groups excluding carboxylic acids is 1. The summed E-state index contributed by atoms with van der Waals surface area (Å²) < 4.78 is 10.6. The van der Waals surface area contributed by atoms with Crippen LogP contribution in [0.1, 0.15) is 24.1 Å². The molecule has 0 spiro atoms. The molecule has 126 valence electrons. The zero-order valence-corrected chi connectivity index (χ0v) is 14.2. The Hall–Kier alpha value is -2.53. The molecule has 1 aliphatic heterocycles. The Labute approximate surface area is 142 Å². The zero-order chi connectivity index (χ0) is 17.3. The molecular weight excluding hydrogens is 304 g/mol. The fourth-order valence-corrected chi connectivity index (χ4v) is 3.08. The van der Waals surface area contributed by atoms with E-state index in [0.29, 0.717) is 11.5 Å². The van der Waals surface area contributed by atoms with Crippen molar-refractivity contribution in [2.75, 3.05) is 19.1 Å². The van der Waals surface area contributed by atoms with E-state index < -0.39 is 6.04 Å². The van der Waals surface area contributed by atoms with Gasteiger partial charge in [-0.2, -0.15) is 0 Å². The number of hydrogen-bond donors (Lipinski definition) is 1. The van der Waals surface area contributed by atoms with E-state index in [1.807, 2.05) is 42.5 Å². The number of rotatable bonds is 5. The first kappa shape index (κ1) is 16.3. The third kappa shape index (κ3) is 2.61. The summed E-state index contributed by atoms with van der Waals surface area (Å²) in [5.74, 6) is 1.21. The molecule has 1 saturated heterocycles. The summed E-state index contributed by atoms with van der Waals surface area (Å²) in [6.45, 7) is 2.10. The first-order valence-electron chi connectivity index (χ1n) is 8.00. The fraction of sp³-hybridized carbons (Fsp3) is 0.316. The zero-order valence-electron chi connectivity index (χ0n) is 14.2. The Morgan fingerprint density at radius 3 is 2.29 bits per heavy atom. The summed E-state index contributed by atoms with van der Waals surface area (Å²) >= 11 is 0. The van der Waals surface area contributed by atoms with Crippen molar-refractivity contribution in [1.82, 2.24) is 0 Å². The molecule has 24 heavy (non-hydrogen) atoms. The summed E-state index contributed by atoms with van der Waals surface area (Å²) in [5, 5.41) is 0. The van der Waals surface area contributed by atoms with Gasteiger partial charge in [-0.15, -0.1) is 0 Å². The van der Waals surface area contributed by atoms with E-state index in [2.05, 4.69) is 6.92 Å². The van der Waals surface area contributed by atoms with Gasteiger partial charge >= 0.3 is 0 Å². The minimum atomic E-state index is -0.547. The molecule has 5 heteroatoms. The number of methoxy groups -OCH3 is 2. The number of ether oxygens (including phenoxy) is 2. The van der Waals surface area contributed by atoms with Crippen molar-refractivity contribution in [2.45, 2.75) is 25.4 Å². The van der Waals surface area contributed by atoms with Crippen LogP contribution in [0.2, 0.25) is 0 Å². The smallest absolute Gasteiger partial charge is 0.247 e. The molecule has 2 atom stereocenters. The normalized spacial score (nSPS) is 19.8. The van der Waals surface area contributed by atoms with Crippen LogP contribution in [0.25, 0.3) is 0 Å². The molecule has 2 N–H and O–H groups in total. The molecule has 0 unspecified atom stereocenters. The maximum Gasteiger partial charge on any atom is 0.247 e. The Morgan fingerprint density at radius 2 is 1.71 bits per heavy atom. The van der Waals surface area contributed by atoms with Crippen molar-refractivity contribution in [3.8, 4) is 11.5 Å². The van der Waals surface area contributed by atoms with Gasteiger partial charge in [-0.3, -0.25) is 4.79 Å². The molecule has 2 aromatic rings. The molecule has 1 heterocycles. The van der Waals surface area contributed by atoms with Gasteiger partial charge in [0.2, 0.25) is 5.91 Å². The second kappa shape index (κ2) is 6.53. The Kier molecular flexibility index (Phi) is 4.44. The molecule has 1 aliphatic rings. The predicted molar refractivity (Wildman–Crippen MR) is 93.6 cm³/mol. The maximum absolute atomic E-state index is 12.3. The summed E-state index contributed by atoms with van der Waals surface area (Å²) in [7, 11) is 3.19. The molecule has 0 aliphatic carbocycles. The van der Waals surface area contributed by atoms with Gasteiger partial charge in [0.1, 0.15) is 6.04 Å². The number of nitrogens with zero attached hydrogens (tertiary/aromatic N) is 1. The van der Waals surface area contributed by atoms with Crippen LogP contribution in [0, 0.1) is 0 Å². The van der Waals surface area contributed by atoms with Crippen molar-refractivity contribution < 1.29 is 14.3 Å². The van der Waals surface area contributed by atoms with Crippen LogP contribution in [-0.2, 0) is 11.2 Å². The third-order valence-corrected chi connectivity index (χ3v) is 4.51. The minimum Gasteiger partial charge on any atom is -0.493 e. The topological polar surface area (TPSA) is 64.8 Å². The van der Waals surface area contributed by atoms with Gasteiger partial charge in [-0.25, -0.2) is 0 Å². The quantitative estimate of drug-likeness (QED) is 0.858. The highest BCUT2D eigenvalue weighted by Crippen LogP contribution is 2.40. The summed E-state index contributed by atoms with van der Waals surface area (Å²) in [6.07, 6.45) is 0.965. The number of anilines is 1. The van der Waals surface area contributed by atoms with Crippen molar-refractivity contribution in [2.24, 2.45) is 5.73 Å². The van der Waals surface area contributed by atoms with Crippen molar-refractivity contribution in [1.29, 1.82) is 0 Å². The first-order valence-corrected chi connectivity index (χ1v) is 8.00. The van der Waals surface area contributed by atoms with Crippen LogP contribution >= 0.6 is 0 Å². The number of aryl methyl sites for hydroxylation is 1.